The smallest absolute Gasteiger partial charge is 0.306 e. The number of ether oxygens (including phenoxy) is 3. The summed E-state index contributed by atoms with van der Waals surface area (Å²) in [5.74, 6) is -0.904. The van der Waals surface area contributed by atoms with Crippen LogP contribution in [0.3, 0.4) is 0 Å². The van der Waals surface area contributed by atoms with Gasteiger partial charge in [0.2, 0.25) is 0 Å². The van der Waals surface area contributed by atoms with Crippen molar-refractivity contribution in [1.29, 1.82) is 0 Å². The highest BCUT2D eigenvalue weighted by Gasteiger charge is 2.19. The van der Waals surface area contributed by atoms with Gasteiger partial charge in [0.05, 0.1) is 0 Å². The largest absolute Gasteiger partial charge is 0.462 e. The summed E-state index contributed by atoms with van der Waals surface area (Å²) in [4.78, 5) is 38.2. The van der Waals surface area contributed by atoms with Crippen molar-refractivity contribution >= 4 is 17.9 Å². The quantitative estimate of drug-likeness (QED) is 0.0261. The van der Waals surface area contributed by atoms with E-state index in [1.807, 2.05) is 0 Å². The Kier molecular flexibility index (Phi) is 63.8. The average molecular weight is 1110 g/mol. The van der Waals surface area contributed by atoms with Gasteiger partial charge in [-0.05, 0) is 128 Å². The second-order valence-electron chi connectivity index (χ2n) is 22.0. The van der Waals surface area contributed by atoms with Crippen molar-refractivity contribution in [3.63, 3.8) is 0 Å². The molecular formula is C74H124O6. The van der Waals surface area contributed by atoms with Gasteiger partial charge in [0.1, 0.15) is 13.2 Å². The molecule has 0 heterocycles. The van der Waals surface area contributed by atoms with E-state index in [0.717, 1.165) is 141 Å². The van der Waals surface area contributed by atoms with Gasteiger partial charge in [-0.3, -0.25) is 14.4 Å². The molecule has 0 aromatic rings. The lowest BCUT2D eigenvalue weighted by Crippen LogP contribution is -2.30. The molecule has 0 saturated heterocycles. The number of esters is 3. The van der Waals surface area contributed by atoms with Crippen LogP contribution >= 0.6 is 0 Å². The van der Waals surface area contributed by atoms with E-state index >= 15 is 0 Å². The fraction of sp³-hybridized carbons (Fsp3) is 0.689. The Labute approximate surface area is 494 Å². The van der Waals surface area contributed by atoms with Crippen molar-refractivity contribution < 1.29 is 28.6 Å². The Morgan fingerprint density at radius 2 is 0.512 bits per heavy atom. The predicted molar refractivity (Wildman–Crippen MR) is 348 cm³/mol. The first kappa shape index (κ1) is 75.8. The number of hydrogen-bond donors (Lipinski definition) is 0. The first-order chi connectivity index (χ1) is 39.5. The molecule has 80 heavy (non-hydrogen) atoms. The minimum Gasteiger partial charge on any atom is -0.462 e. The molecule has 1 atom stereocenters. The summed E-state index contributed by atoms with van der Waals surface area (Å²) in [6.07, 6.45) is 93.7. The van der Waals surface area contributed by atoms with Crippen LogP contribution in [0.5, 0.6) is 0 Å². The second kappa shape index (κ2) is 67.3. The highest BCUT2D eigenvalue weighted by atomic mass is 16.6. The third kappa shape index (κ3) is 64.6. The van der Waals surface area contributed by atoms with Gasteiger partial charge in [-0.2, -0.15) is 0 Å². The van der Waals surface area contributed by atoms with Gasteiger partial charge in [-0.1, -0.05) is 284 Å². The highest BCUT2D eigenvalue weighted by molar-refractivity contribution is 5.71. The maximum Gasteiger partial charge on any atom is 0.306 e. The van der Waals surface area contributed by atoms with Crippen LogP contribution in [0, 0.1) is 0 Å². The lowest BCUT2D eigenvalue weighted by molar-refractivity contribution is -0.167. The first-order valence-corrected chi connectivity index (χ1v) is 33.5. The van der Waals surface area contributed by atoms with Crippen LogP contribution in [0.1, 0.15) is 310 Å². The summed E-state index contributed by atoms with van der Waals surface area (Å²) in [6, 6.07) is 0. The van der Waals surface area contributed by atoms with Crippen LogP contribution in [0.25, 0.3) is 0 Å². The van der Waals surface area contributed by atoms with Gasteiger partial charge in [-0.25, -0.2) is 0 Å². The van der Waals surface area contributed by atoms with Crippen LogP contribution in [-0.2, 0) is 28.6 Å². The lowest BCUT2D eigenvalue weighted by Gasteiger charge is -2.18. The summed E-state index contributed by atoms with van der Waals surface area (Å²) in [5, 5.41) is 0. The van der Waals surface area contributed by atoms with Gasteiger partial charge < -0.3 is 14.2 Å². The molecule has 0 radical (unpaired) electrons. The van der Waals surface area contributed by atoms with E-state index in [-0.39, 0.29) is 31.1 Å². The van der Waals surface area contributed by atoms with Crippen molar-refractivity contribution in [3.8, 4) is 0 Å². The third-order valence-electron chi connectivity index (χ3n) is 14.2. The van der Waals surface area contributed by atoms with Crippen LogP contribution in [-0.4, -0.2) is 37.2 Å². The van der Waals surface area contributed by atoms with Crippen molar-refractivity contribution in [1.82, 2.24) is 0 Å². The molecule has 1 unspecified atom stereocenters. The van der Waals surface area contributed by atoms with Crippen molar-refractivity contribution in [2.45, 2.75) is 316 Å². The van der Waals surface area contributed by atoms with E-state index in [4.69, 9.17) is 14.2 Å². The lowest BCUT2D eigenvalue weighted by atomic mass is 10.0. The van der Waals surface area contributed by atoms with Crippen LogP contribution < -0.4 is 0 Å². The van der Waals surface area contributed by atoms with E-state index in [1.165, 1.54) is 128 Å². The fourth-order valence-electron chi connectivity index (χ4n) is 9.16. The monoisotopic (exact) mass is 1110 g/mol. The maximum absolute atomic E-state index is 12.9. The molecule has 0 aliphatic carbocycles. The molecular weight excluding hydrogens is 985 g/mol. The fourth-order valence-corrected chi connectivity index (χ4v) is 9.16. The van der Waals surface area contributed by atoms with Gasteiger partial charge in [0.15, 0.2) is 6.10 Å². The summed E-state index contributed by atoms with van der Waals surface area (Å²) >= 11 is 0. The predicted octanol–water partition coefficient (Wildman–Crippen LogP) is 23.2. The SMILES string of the molecule is CC/C=C\C/C=C\C/C=C\C/C=C\C/C=C\C/C=C\CCCCCCCCCCCCCCCCC(=O)OCC(COC(=O)CCCCCCC/C=C\CCC)OC(=O)CCCCCCCC/C=C\C/C=C\C/C=C\CCCCC. The van der Waals surface area contributed by atoms with E-state index in [9.17, 15) is 14.4 Å². The third-order valence-corrected chi connectivity index (χ3v) is 14.2. The molecule has 6 heteroatoms. The molecule has 0 amide bonds. The van der Waals surface area contributed by atoms with Crippen LogP contribution in [0.15, 0.2) is 122 Å². The van der Waals surface area contributed by atoms with Gasteiger partial charge >= 0.3 is 17.9 Å². The zero-order valence-electron chi connectivity index (χ0n) is 52.3. The molecule has 0 aromatic heterocycles. The zero-order chi connectivity index (χ0) is 57.8. The Hall–Kier alpha value is -4.19. The number of hydrogen-bond acceptors (Lipinski definition) is 6. The molecule has 0 aromatic carbocycles. The minimum absolute atomic E-state index is 0.0864. The number of unbranched alkanes of at least 4 members (excludes halogenated alkanes) is 29. The van der Waals surface area contributed by atoms with Crippen LogP contribution in [0.2, 0.25) is 0 Å². The number of carbonyl (C=O) groups is 3. The van der Waals surface area contributed by atoms with Crippen molar-refractivity contribution in [2.75, 3.05) is 13.2 Å². The summed E-state index contributed by atoms with van der Waals surface area (Å²) in [6.45, 7) is 6.43. The second-order valence-corrected chi connectivity index (χ2v) is 22.0. The maximum atomic E-state index is 12.9. The van der Waals surface area contributed by atoms with Crippen molar-refractivity contribution in [3.05, 3.63) is 122 Å². The molecule has 0 saturated carbocycles. The van der Waals surface area contributed by atoms with Gasteiger partial charge in [0.25, 0.3) is 0 Å². The van der Waals surface area contributed by atoms with E-state index < -0.39 is 6.10 Å². The van der Waals surface area contributed by atoms with Gasteiger partial charge in [-0.15, -0.1) is 0 Å². The van der Waals surface area contributed by atoms with Crippen LogP contribution in [0.4, 0.5) is 0 Å². The molecule has 0 fully saturated rings. The Bertz CT molecular complexity index is 1650. The summed E-state index contributed by atoms with van der Waals surface area (Å²) < 4.78 is 16.9. The van der Waals surface area contributed by atoms with Crippen molar-refractivity contribution in [2.24, 2.45) is 0 Å². The Morgan fingerprint density at radius 1 is 0.263 bits per heavy atom. The highest BCUT2D eigenvalue weighted by Crippen LogP contribution is 2.16. The molecule has 0 aliphatic rings. The number of rotatable bonds is 60. The zero-order valence-corrected chi connectivity index (χ0v) is 52.3. The molecule has 0 aliphatic heterocycles. The van der Waals surface area contributed by atoms with E-state index in [1.54, 1.807) is 0 Å². The standard InChI is InChI=1S/C74H124O6/c1-4-7-10-13-16-19-22-24-26-28-30-31-32-33-34-35-36-37-38-39-40-41-42-43-45-46-48-50-52-55-58-61-64-67-73(76)79-70-71(69-78-72(75)66-63-60-57-54-21-18-15-12-9-6-3)80-74(77)68-65-62-59-56-53-51-49-47-44-29-27-25-23-20-17-14-11-8-5-2/h7,10,12,15-17,19-20,24-27,30-31,33-34,36-37,44,47,71H,4-6,8-9,11,13-14,18,21-23,28-29,32,35,38-43,45-46,48-70H2,1-3H3/b10-7-,15-12-,19-16-,20-17-,26-24-,27-25-,31-30-,34-33-,37-36-,47-44-. The topological polar surface area (TPSA) is 78.9 Å². The first-order valence-electron chi connectivity index (χ1n) is 33.5. The van der Waals surface area contributed by atoms with E-state index in [2.05, 4.69) is 142 Å². The normalized spacial score (nSPS) is 12.9. The molecule has 456 valence electrons. The molecule has 0 N–H and O–H groups in total. The molecule has 0 rings (SSSR count). The molecule has 0 spiro atoms. The minimum atomic E-state index is -0.790. The number of allylic oxidation sites excluding steroid dienone is 20. The summed E-state index contributed by atoms with van der Waals surface area (Å²) in [5.41, 5.74) is 0. The Morgan fingerprint density at radius 3 is 0.825 bits per heavy atom. The number of carbonyl (C=O) groups excluding carboxylic acids is 3. The van der Waals surface area contributed by atoms with Gasteiger partial charge in [0, 0.05) is 19.3 Å². The average Bonchev–Trinajstić information content (AvgIpc) is 3.46. The molecule has 0 bridgehead atoms. The van der Waals surface area contributed by atoms with E-state index in [0.29, 0.717) is 19.3 Å². The molecule has 6 nitrogen and oxygen atoms in total. The Balaban J connectivity index is 4.18. The summed E-state index contributed by atoms with van der Waals surface area (Å²) in [7, 11) is 0.